The molecule has 2 fully saturated rings. The minimum atomic E-state index is -3.23. The summed E-state index contributed by atoms with van der Waals surface area (Å²) in [6, 6.07) is 7.05. The van der Waals surface area contributed by atoms with Crippen LogP contribution in [0, 0.1) is 0 Å². The molecule has 0 bridgehead atoms. The number of hydrogen-bond acceptors (Lipinski definition) is 4. The number of likely N-dealkylation sites (tertiary alicyclic amines) is 2. The first-order chi connectivity index (χ1) is 10.9. The van der Waals surface area contributed by atoms with Gasteiger partial charge in [-0.15, -0.1) is 0 Å². The summed E-state index contributed by atoms with van der Waals surface area (Å²) in [6.45, 7) is 1.90. The van der Waals surface area contributed by atoms with E-state index in [0.717, 1.165) is 32.4 Å². The summed E-state index contributed by atoms with van der Waals surface area (Å²) in [5.41, 5.74) is 0.574. The summed E-state index contributed by atoms with van der Waals surface area (Å²) < 4.78 is 23.1. The van der Waals surface area contributed by atoms with E-state index in [1.807, 2.05) is 4.90 Å². The highest BCUT2D eigenvalue weighted by Gasteiger charge is 2.38. The molecule has 0 N–H and O–H groups in total. The van der Waals surface area contributed by atoms with Gasteiger partial charge in [0.05, 0.1) is 4.90 Å². The molecule has 0 radical (unpaired) electrons. The quantitative estimate of drug-likeness (QED) is 0.844. The molecule has 2 aliphatic heterocycles. The van der Waals surface area contributed by atoms with E-state index in [0.29, 0.717) is 11.6 Å². The van der Waals surface area contributed by atoms with E-state index in [-0.39, 0.29) is 16.8 Å². The third-order valence-electron chi connectivity index (χ3n) is 5.11. The summed E-state index contributed by atoms with van der Waals surface area (Å²) in [6.07, 6.45) is 5.63. The second-order valence-corrected chi connectivity index (χ2v) is 8.71. The molecule has 6 heteroatoms. The molecule has 2 heterocycles. The highest BCUT2D eigenvalue weighted by Crippen LogP contribution is 2.30. The maximum absolute atomic E-state index is 12.8. The molecule has 3 rings (SSSR count). The van der Waals surface area contributed by atoms with Gasteiger partial charge in [0.15, 0.2) is 9.84 Å². The van der Waals surface area contributed by atoms with E-state index < -0.39 is 9.84 Å². The highest BCUT2D eigenvalue weighted by atomic mass is 32.2. The SMILES string of the molecule is CN1CCCC1C1CCCN1C(=O)c1ccc(S(C)(=O)=O)cc1. The van der Waals surface area contributed by atoms with E-state index in [1.165, 1.54) is 24.8 Å². The summed E-state index contributed by atoms with van der Waals surface area (Å²) >= 11 is 0. The van der Waals surface area contributed by atoms with Crippen LogP contribution < -0.4 is 0 Å². The topological polar surface area (TPSA) is 57.7 Å². The van der Waals surface area contributed by atoms with Gasteiger partial charge in [-0.3, -0.25) is 4.79 Å². The maximum atomic E-state index is 12.8. The van der Waals surface area contributed by atoms with Crippen molar-refractivity contribution in [3.05, 3.63) is 29.8 Å². The Kier molecular flexibility index (Phi) is 4.47. The predicted octanol–water partition coefficient (Wildman–Crippen LogP) is 1.79. The molecule has 1 amide bonds. The molecular formula is C17H24N2O3S. The average molecular weight is 336 g/mol. The van der Waals surface area contributed by atoms with Gasteiger partial charge in [-0.05, 0) is 63.5 Å². The van der Waals surface area contributed by atoms with Crippen molar-refractivity contribution in [2.75, 3.05) is 26.4 Å². The fourth-order valence-electron chi connectivity index (χ4n) is 3.88. The molecule has 23 heavy (non-hydrogen) atoms. The Balaban J connectivity index is 1.79. The van der Waals surface area contributed by atoms with Crippen LogP contribution in [0.15, 0.2) is 29.2 Å². The van der Waals surface area contributed by atoms with Crippen LogP contribution in [0.25, 0.3) is 0 Å². The zero-order valence-corrected chi connectivity index (χ0v) is 14.6. The monoisotopic (exact) mass is 336 g/mol. The summed E-state index contributed by atoms with van der Waals surface area (Å²) in [5.74, 6) is 0.0212. The molecule has 0 aliphatic carbocycles. The molecule has 2 saturated heterocycles. The Morgan fingerprint density at radius 2 is 1.65 bits per heavy atom. The second kappa shape index (κ2) is 6.24. The molecule has 0 aromatic heterocycles. The zero-order valence-electron chi connectivity index (χ0n) is 13.7. The summed E-state index contributed by atoms with van der Waals surface area (Å²) in [7, 11) is -1.09. The molecule has 2 atom stereocenters. The number of sulfone groups is 1. The molecule has 2 aliphatic rings. The van der Waals surface area contributed by atoms with Gasteiger partial charge in [0.1, 0.15) is 0 Å². The average Bonchev–Trinajstić information content (AvgIpc) is 3.14. The number of rotatable bonds is 3. The van der Waals surface area contributed by atoms with Crippen molar-refractivity contribution in [1.29, 1.82) is 0 Å². The zero-order chi connectivity index (χ0) is 16.6. The molecule has 1 aromatic carbocycles. The van der Waals surface area contributed by atoms with Crippen LogP contribution in [-0.4, -0.2) is 62.6 Å². The van der Waals surface area contributed by atoms with Crippen molar-refractivity contribution < 1.29 is 13.2 Å². The van der Waals surface area contributed by atoms with Gasteiger partial charge in [0, 0.05) is 30.4 Å². The number of carbonyl (C=O) groups excluding carboxylic acids is 1. The van der Waals surface area contributed by atoms with Gasteiger partial charge >= 0.3 is 0 Å². The largest absolute Gasteiger partial charge is 0.334 e. The molecule has 126 valence electrons. The van der Waals surface area contributed by atoms with Crippen LogP contribution in [-0.2, 0) is 9.84 Å². The van der Waals surface area contributed by atoms with Crippen molar-refractivity contribution >= 4 is 15.7 Å². The van der Waals surface area contributed by atoms with Crippen molar-refractivity contribution in [3.63, 3.8) is 0 Å². The minimum Gasteiger partial charge on any atom is -0.334 e. The molecule has 0 saturated carbocycles. The number of likely N-dealkylation sites (N-methyl/N-ethyl adjacent to an activating group) is 1. The first-order valence-electron chi connectivity index (χ1n) is 8.19. The van der Waals surface area contributed by atoms with Crippen LogP contribution in [0.2, 0.25) is 0 Å². The predicted molar refractivity (Wildman–Crippen MR) is 89.3 cm³/mol. The van der Waals surface area contributed by atoms with E-state index >= 15 is 0 Å². The van der Waals surface area contributed by atoms with Gasteiger partial charge in [0.2, 0.25) is 0 Å². The van der Waals surface area contributed by atoms with Crippen LogP contribution >= 0.6 is 0 Å². The normalized spacial score (nSPS) is 25.9. The van der Waals surface area contributed by atoms with Crippen molar-refractivity contribution in [2.45, 2.75) is 42.7 Å². The number of carbonyl (C=O) groups is 1. The molecule has 1 aromatic rings. The molecule has 5 nitrogen and oxygen atoms in total. The van der Waals surface area contributed by atoms with Gasteiger partial charge in [-0.1, -0.05) is 0 Å². The summed E-state index contributed by atoms with van der Waals surface area (Å²) in [5, 5.41) is 0. The van der Waals surface area contributed by atoms with Gasteiger partial charge in [-0.2, -0.15) is 0 Å². The lowest BCUT2D eigenvalue weighted by molar-refractivity contribution is 0.0664. The van der Waals surface area contributed by atoms with E-state index in [2.05, 4.69) is 11.9 Å². The second-order valence-electron chi connectivity index (χ2n) is 6.69. The van der Waals surface area contributed by atoms with Crippen molar-refractivity contribution in [3.8, 4) is 0 Å². The Hall–Kier alpha value is -1.40. The number of amides is 1. The fraction of sp³-hybridized carbons (Fsp3) is 0.588. The van der Waals surface area contributed by atoms with Crippen LogP contribution in [0.1, 0.15) is 36.0 Å². The third kappa shape index (κ3) is 3.28. The smallest absolute Gasteiger partial charge is 0.254 e. The molecular weight excluding hydrogens is 312 g/mol. The Bertz CT molecular complexity index is 684. The van der Waals surface area contributed by atoms with Gasteiger partial charge in [0.25, 0.3) is 5.91 Å². The van der Waals surface area contributed by atoms with Gasteiger partial charge < -0.3 is 9.80 Å². The van der Waals surface area contributed by atoms with Crippen LogP contribution in [0.5, 0.6) is 0 Å². The number of hydrogen-bond donors (Lipinski definition) is 0. The van der Waals surface area contributed by atoms with Gasteiger partial charge in [-0.25, -0.2) is 8.42 Å². The maximum Gasteiger partial charge on any atom is 0.254 e. The minimum absolute atomic E-state index is 0.0212. The first-order valence-corrected chi connectivity index (χ1v) is 10.1. The molecule has 2 unspecified atom stereocenters. The highest BCUT2D eigenvalue weighted by molar-refractivity contribution is 7.90. The van der Waals surface area contributed by atoms with E-state index in [9.17, 15) is 13.2 Å². The van der Waals surface area contributed by atoms with E-state index in [4.69, 9.17) is 0 Å². The van der Waals surface area contributed by atoms with Crippen molar-refractivity contribution in [1.82, 2.24) is 9.80 Å². The standard InChI is InChI=1S/C17H24N2O3S/c1-18-11-3-5-15(18)16-6-4-12-19(16)17(20)13-7-9-14(10-8-13)23(2,21)22/h7-10,15-16H,3-6,11-12H2,1-2H3. The van der Waals surface area contributed by atoms with Crippen molar-refractivity contribution in [2.24, 2.45) is 0 Å². The lowest BCUT2D eigenvalue weighted by Gasteiger charge is -2.33. The first kappa shape index (κ1) is 16.5. The lowest BCUT2D eigenvalue weighted by atomic mass is 10.0. The Labute approximate surface area is 138 Å². The number of benzene rings is 1. The Morgan fingerprint density at radius 3 is 2.22 bits per heavy atom. The van der Waals surface area contributed by atoms with Crippen LogP contribution in [0.3, 0.4) is 0 Å². The lowest BCUT2D eigenvalue weighted by Crippen LogP contribution is -2.47. The third-order valence-corrected chi connectivity index (χ3v) is 6.24. The van der Waals surface area contributed by atoms with Crippen LogP contribution in [0.4, 0.5) is 0 Å². The molecule has 0 spiro atoms. The van der Waals surface area contributed by atoms with E-state index in [1.54, 1.807) is 12.1 Å². The summed E-state index contributed by atoms with van der Waals surface area (Å²) in [4.78, 5) is 17.4. The fourth-order valence-corrected chi connectivity index (χ4v) is 4.51. The Morgan fingerprint density at radius 1 is 1.04 bits per heavy atom. The number of nitrogens with zero attached hydrogens (tertiary/aromatic N) is 2.